The van der Waals surface area contributed by atoms with Crippen molar-refractivity contribution in [3.63, 3.8) is 0 Å². The lowest BCUT2D eigenvalue weighted by atomic mass is 10.2. The van der Waals surface area contributed by atoms with Gasteiger partial charge < -0.3 is 13.7 Å². The molecule has 0 unspecified atom stereocenters. The summed E-state index contributed by atoms with van der Waals surface area (Å²) in [5, 5.41) is 0. The standard InChI is InChI=1S/C17H20O5S/c1-4-9-21-14-10-13(2)11-15(12-14)22-23(18,19)17-8-6-5-7-16(17)20-3/h5-8,10-12H,4,9H2,1-3H3. The third kappa shape index (κ3) is 4.39. The predicted octanol–water partition coefficient (Wildman–Crippen LogP) is 3.56. The molecule has 0 radical (unpaired) electrons. The Morgan fingerprint density at radius 1 is 1.04 bits per heavy atom. The van der Waals surface area contributed by atoms with Gasteiger partial charge in [-0.05, 0) is 43.2 Å². The number of rotatable bonds is 7. The minimum Gasteiger partial charge on any atom is -0.495 e. The second kappa shape index (κ2) is 7.37. The summed E-state index contributed by atoms with van der Waals surface area (Å²) >= 11 is 0. The maximum atomic E-state index is 12.5. The monoisotopic (exact) mass is 336 g/mol. The van der Waals surface area contributed by atoms with Gasteiger partial charge >= 0.3 is 10.1 Å². The summed E-state index contributed by atoms with van der Waals surface area (Å²) in [7, 11) is -2.58. The highest BCUT2D eigenvalue weighted by atomic mass is 32.2. The van der Waals surface area contributed by atoms with E-state index in [-0.39, 0.29) is 16.4 Å². The Morgan fingerprint density at radius 3 is 2.43 bits per heavy atom. The van der Waals surface area contributed by atoms with E-state index in [9.17, 15) is 8.42 Å². The molecule has 6 heteroatoms. The van der Waals surface area contributed by atoms with Crippen molar-refractivity contribution in [3.8, 4) is 17.2 Å². The molecule has 2 aromatic rings. The largest absolute Gasteiger partial charge is 0.495 e. The summed E-state index contributed by atoms with van der Waals surface area (Å²) in [6.07, 6.45) is 0.865. The van der Waals surface area contributed by atoms with E-state index in [4.69, 9.17) is 13.7 Å². The van der Waals surface area contributed by atoms with Gasteiger partial charge in [-0.15, -0.1) is 0 Å². The molecule has 0 atom stereocenters. The Morgan fingerprint density at radius 2 is 1.74 bits per heavy atom. The summed E-state index contributed by atoms with van der Waals surface area (Å²) in [5.74, 6) is 1.03. The van der Waals surface area contributed by atoms with E-state index in [1.165, 1.54) is 13.2 Å². The van der Waals surface area contributed by atoms with Crippen molar-refractivity contribution in [1.29, 1.82) is 0 Å². The van der Waals surface area contributed by atoms with Crippen molar-refractivity contribution in [1.82, 2.24) is 0 Å². The molecule has 0 N–H and O–H groups in total. The Hall–Kier alpha value is -2.21. The molecule has 0 amide bonds. The maximum absolute atomic E-state index is 12.5. The molecule has 0 fully saturated rings. The van der Waals surface area contributed by atoms with Crippen molar-refractivity contribution in [2.24, 2.45) is 0 Å². The molecule has 2 aromatic carbocycles. The van der Waals surface area contributed by atoms with E-state index in [0.29, 0.717) is 12.4 Å². The molecule has 23 heavy (non-hydrogen) atoms. The van der Waals surface area contributed by atoms with Gasteiger partial charge in [0.15, 0.2) is 0 Å². The maximum Gasteiger partial charge on any atom is 0.342 e. The SMILES string of the molecule is CCCOc1cc(C)cc(OS(=O)(=O)c2ccccc2OC)c1. The van der Waals surface area contributed by atoms with Crippen LogP contribution in [0.5, 0.6) is 17.2 Å². The minimum absolute atomic E-state index is 0.0139. The molecular weight excluding hydrogens is 316 g/mol. The molecule has 124 valence electrons. The molecular formula is C17H20O5S. The van der Waals surface area contributed by atoms with Crippen LogP contribution < -0.4 is 13.7 Å². The summed E-state index contributed by atoms with van der Waals surface area (Å²) in [6.45, 7) is 4.41. The highest BCUT2D eigenvalue weighted by Gasteiger charge is 2.21. The molecule has 0 aliphatic rings. The Bertz CT molecular complexity index is 768. The number of aryl methyl sites for hydroxylation is 1. The molecule has 0 spiro atoms. The first-order valence-electron chi connectivity index (χ1n) is 7.28. The average molecular weight is 336 g/mol. The third-order valence-corrected chi connectivity index (χ3v) is 4.33. The van der Waals surface area contributed by atoms with Gasteiger partial charge in [-0.3, -0.25) is 0 Å². The first kappa shape index (κ1) is 17.1. The highest BCUT2D eigenvalue weighted by molar-refractivity contribution is 7.87. The van der Waals surface area contributed by atoms with Crippen LogP contribution in [0.25, 0.3) is 0 Å². The zero-order valence-electron chi connectivity index (χ0n) is 13.4. The zero-order chi connectivity index (χ0) is 16.9. The van der Waals surface area contributed by atoms with Crippen LogP contribution in [0.4, 0.5) is 0 Å². The lowest BCUT2D eigenvalue weighted by Gasteiger charge is -2.12. The third-order valence-electron chi connectivity index (χ3n) is 3.04. The fourth-order valence-electron chi connectivity index (χ4n) is 2.06. The second-order valence-electron chi connectivity index (χ2n) is 5.02. The summed E-state index contributed by atoms with van der Waals surface area (Å²) in [4.78, 5) is -0.0139. The van der Waals surface area contributed by atoms with Gasteiger partial charge in [-0.2, -0.15) is 8.42 Å². The van der Waals surface area contributed by atoms with Gasteiger partial charge in [-0.1, -0.05) is 19.1 Å². The van der Waals surface area contributed by atoms with Crippen LogP contribution in [0.2, 0.25) is 0 Å². The highest BCUT2D eigenvalue weighted by Crippen LogP contribution is 2.29. The van der Waals surface area contributed by atoms with Crippen molar-refractivity contribution in [2.75, 3.05) is 13.7 Å². The summed E-state index contributed by atoms with van der Waals surface area (Å²) < 4.78 is 40.8. The fraction of sp³-hybridized carbons (Fsp3) is 0.294. The zero-order valence-corrected chi connectivity index (χ0v) is 14.2. The Kier molecular flexibility index (Phi) is 5.50. The molecule has 0 aromatic heterocycles. The number of hydrogen-bond donors (Lipinski definition) is 0. The fourth-order valence-corrected chi connectivity index (χ4v) is 3.14. The number of benzene rings is 2. The molecule has 0 saturated carbocycles. The molecule has 0 aliphatic carbocycles. The lowest BCUT2D eigenvalue weighted by molar-refractivity contribution is 0.316. The van der Waals surface area contributed by atoms with E-state index >= 15 is 0 Å². The van der Waals surface area contributed by atoms with Crippen LogP contribution in [0, 0.1) is 6.92 Å². The van der Waals surface area contributed by atoms with E-state index in [0.717, 1.165) is 12.0 Å². The van der Waals surface area contributed by atoms with Crippen LogP contribution in [0.15, 0.2) is 47.4 Å². The lowest BCUT2D eigenvalue weighted by Crippen LogP contribution is -2.11. The minimum atomic E-state index is -3.99. The first-order chi connectivity index (χ1) is 11.0. The van der Waals surface area contributed by atoms with Crippen LogP contribution in [-0.2, 0) is 10.1 Å². The molecule has 0 aliphatic heterocycles. The van der Waals surface area contributed by atoms with Gasteiger partial charge in [0, 0.05) is 6.07 Å². The van der Waals surface area contributed by atoms with Crippen LogP contribution in [0.1, 0.15) is 18.9 Å². The van der Waals surface area contributed by atoms with Gasteiger partial charge in [0.2, 0.25) is 0 Å². The first-order valence-corrected chi connectivity index (χ1v) is 8.69. The Labute approximate surface area is 136 Å². The normalized spacial score (nSPS) is 11.1. The van der Waals surface area contributed by atoms with Crippen molar-refractivity contribution < 1.29 is 22.1 Å². The van der Waals surface area contributed by atoms with Crippen molar-refractivity contribution >= 4 is 10.1 Å². The number of hydrogen-bond acceptors (Lipinski definition) is 5. The van der Waals surface area contributed by atoms with E-state index in [2.05, 4.69) is 0 Å². The van der Waals surface area contributed by atoms with Crippen LogP contribution in [-0.4, -0.2) is 22.1 Å². The number of ether oxygens (including phenoxy) is 2. The van der Waals surface area contributed by atoms with E-state index in [1.807, 2.05) is 19.9 Å². The van der Waals surface area contributed by atoms with Crippen molar-refractivity contribution in [3.05, 3.63) is 48.0 Å². The van der Waals surface area contributed by atoms with Gasteiger partial charge in [0.25, 0.3) is 0 Å². The van der Waals surface area contributed by atoms with E-state index < -0.39 is 10.1 Å². The molecule has 0 heterocycles. The molecule has 5 nitrogen and oxygen atoms in total. The molecule has 2 rings (SSSR count). The van der Waals surface area contributed by atoms with Gasteiger partial charge in [0.05, 0.1) is 13.7 Å². The summed E-state index contributed by atoms with van der Waals surface area (Å²) in [6, 6.07) is 11.4. The number of para-hydroxylation sites is 1. The van der Waals surface area contributed by atoms with Gasteiger partial charge in [-0.25, -0.2) is 0 Å². The van der Waals surface area contributed by atoms with Crippen LogP contribution >= 0.6 is 0 Å². The number of methoxy groups -OCH3 is 1. The van der Waals surface area contributed by atoms with E-state index in [1.54, 1.807) is 30.3 Å². The summed E-state index contributed by atoms with van der Waals surface area (Å²) in [5.41, 5.74) is 0.851. The average Bonchev–Trinajstić information content (AvgIpc) is 2.52. The molecule has 0 bridgehead atoms. The molecule has 0 saturated heterocycles. The van der Waals surface area contributed by atoms with Gasteiger partial charge in [0.1, 0.15) is 22.1 Å². The second-order valence-corrected chi connectivity index (χ2v) is 6.53. The Balaban J connectivity index is 2.32. The van der Waals surface area contributed by atoms with Crippen molar-refractivity contribution in [2.45, 2.75) is 25.2 Å². The van der Waals surface area contributed by atoms with Crippen LogP contribution in [0.3, 0.4) is 0 Å². The predicted molar refractivity (Wildman–Crippen MR) is 87.8 cm³/mol. The topological polar surface area (TPSA) is 61.8 Å². The smallest absolute Gasteiger partial charge is 0.342 e. The quantitative estimate of drug-likeness (QED) is 0.724.